The summed E-state index contributed by atoms with van der Waals surface area (Å²) in [7, 11) is -6.80. The minimum absolute atomic E-state index is 0. The van der Waals surface area contributed by atoms with Gasteiger partial charge in [-0.2, -0.15) is 3.97 Å². The van der Waals surface area contributed by atoms with Gasteiger partial charge in [-0.05, 0) is 0 Å². The van der Waals surface area contributed by atoms with Crippen LogP contribution in [0.3, 0.4) is 0 Å². The van der Waals surface area contributed by atoms with Gasteiger partial charge in [0.25, 0.3) is 11.0 Å². The Hall–Kier alpha value is 4.97. The van der Waals surface area contributed by atoms with Gasteiger partial charge < -0.3 is 4.89 Å². The number of phosphoric acid groups is 1. The van der Waals surface area contributed by atoms with E-state index in [0.717, 1.165) is 7.11 Å². The van der Waals surface area contributed by atoms with Crippen LogP contribution in [-0.4, -0.2) is 175 Å². The molecule has 0 bridgehead atoms. The minimum atomic E-state index is -4.33. The van der Waals surface area contributed by atoms with Crippen molar-refractivity contribution in [2.45, 2.75) is 0 Å². The van der Waals surface area contributed by atoms with Crippen molar-refractivity contribution in [2.24, 2.45) is 0 Å². The fraction of sp³-hybridized carbons (Fsp3) is 1.00. The quantitative estimate of drug-likeness (QED) is 0.335. The first-order chi connectivity index (χ1) is 3.98. The van der Waals surface area contributed by atoms with Gasteiger partial charge in [0.15, 0.2) is 0 Å². The van der Waals surface area contributed by atoms with Gasteiger partial charge in [-0.1, -0.05) is 0 Å². The Morgan fingerprint density at radius 3 is 1.67 bits per heavy atom. The molecule has 0 aromatic rings. The fourth-order valence-corrected chi connectivity index (χ4v) is 1.06. The summed E-state index contributed by atoms with van der Waals surface area (Å²) in [6.45, 7) is 0. The molecule has 0 aromatic heterocycles. The summed E-state index contributed by atoms with van der Waals surface area (Å²) >= 11 is 0. The average Bonchev–Trinajstić information content (AvgIpc) is 1.63. The zero-order valence-electron chi connectivity index (χ0n) is 4.38. The first kappa shape index (κ1) is 25.7. The molecule has 6 nitrogen and oxygen atoms in total. The molecule has 0 aliphatic heterocycles. The van der Waals surface area contributed by atoms with Crippen molar-refractivity contribution in [1.29, 1.82) is 0 Å². The summed E-state index contributed by atoms with van der Waals surface area (Å²) in [5.74, 6) is 0. The number of hydrogen-bond donors (Lipinski definition) is 2. The van der Waals surface area contributed by atoms with Crippen molar-refractivity contribution < 1.29 is 26.4 Å². The summed E-state index contributed by atoms with van der Waals surface area (Å²) in [5, 5.41) is 0. The van der Waals surface area contributed by atoms with Gasteiger partial charge in [0.05, 0.1) is 0 Å². The summed E-state index contributed by atoms with van der Waals surface area (Å²) in [5.41, 5.74) is 0. The van der Waals surface area contributed by atoms with Crippen molar-refractivity contribution in [3.05, 3.63) is 0 Å². The molecule has 0 amide bonds. The topological polar surface area (TPSA) is 89.9 Å². The average molecular weight is 296 g/mol. The van der Waals surface area contributed by atoms with E-state index >= 15 is 0 Å². The van der Waals surface area contributed by atoms with Crippen molar-refractivity contribution >= 4 is 173 Å². The predicted molar refractivity (Wildman–Crippen MR) is 49.7 cm³/mol. The number of rotatable bonds is 3. The summed E-state index contributed by atoms with van der Waals surface area (Å²) in [6, 6.07) is 0. The van der Waals surface area contributed by atoms with Crippen LogP contribution in [0.15, 0.2) is 0 Å². The van der Waals surface area contributed by atoms with Gasteiger partial charge in [0, 0.05) is 7.11 Å². The van der Waals surface area contributed by atoms with Gasteiger partial charge in [-0.3, -0.25) is 4.52 Å². The van der Waals surface area contributed by atoms with E-state index in [4.69, 9.17) is 4.89 Å². The third kappa shape index (κ3) is 17.4. The molecular weight excluding hydrogens is 288 g/mol. The third-order valence-corrected chi connectivity index (χ3v) is 2.22. The molecule has 0 radical (unpaired) electrons. The van der Waals surface area contributed by atoms with E-state index < -0.39 is 18.8 Å². The molecule has 11 heteroatoms. The van der Waals surface area contributed by atoms with E-state index in [-0.39, 0.29) is 154 Å². The van der Waals surface area contributed by atoms with Crippen LogP contribution in [0.1, 0.15) is 0 Å². The summed E-state index contributed by atoms with van der Waals surface area (Å²) < 4.78 is 36.5. The van der Waals surface area contributed by atoms with Crippen LogP contribution in [0.25, 0.3) is 0 Å². The van der Waals surface area contributed by atoms with Crippen LogP contribution in [-0.2, 0) is 24.0 Å². The molecule has 1 unspecified atom stereocenters. The van der Waals surface area contributed by atoms with E-state index in [1.54, 1.807) is 0 Å². The molecule has 0 fully saturated rings. The van der Waals surface area contributed by atoms with Crippen LogP contribution >= 0.6 is 7.82 Å². The molecule has 0 saturated heterocycles. The van der Waals surface area contributed by atoms with Crippen molar-refractivity contribution in [1.82, 2.24) is 0 Å². The predicted octanol–water partition coefficient (Wildman–Crippen LogP) is -2.67. The molecule has 0 rings (SSSR count). The maximum absolute atomic E-state index is 10.1. The molecule has 0 spiro atoms. The Bertz CT molecular complexity index is 195. The molecule has 0 heterocycles. The van der Waals surface area contributed by atoms with E-state index in [9.17, 15) is 13.0 Å². The van der Waals surface area contributed by atoms with E-state index in [2.05, 4.69) is 8.49 Å². The Morgan fingerprint density at radius 1 is 1.25 bits per heavy atom. The zero-order chi connectivity index (χ0) is 7.49. The second-order valence-corrected chi connectivity index (χ2v) is 3.36. The first-order valence-corrected chi connectivity index (χ1v) is 4.29. The summed E-state index contributed by atoms with van der Waals surface area (Å²) in [4.78, 5) is 8.22. The molecule has 0 aliphatic carbocycles. The third-order valence-electron chi connectivity index (χ3n) is 0.401. The van der Waals surface area contributed by atoms with E-state index in [0.29, 0.717) is 0 Å². The SMILES string of the molecule is COP(=O)(O)O[SH](=O)=O.[KH].[KH].[KH]. The Morgan fingerprint density at radius 2 is 1.58 bits per heavy atom. The van der Waals surface area contributed by atoms with E-state index in [1.165, 1.54) is 0 Å². The van der Waals surface area contributed by atoms with Crippen molar-refractivity contribution in [3.63, 3.8) is 0 Å². The Labute approximate surface area is 200 Å². The second-order valence-electron chi connectivity index (χ2n) is 0.956. The first-order valence-electron chi connectivity index (χ1n) is 1.70. The maximum atomic E-state index is 10.1. The van der Waals surface area contributed by atoms with Gasteiger partial charge >= 0.3 is 162 Å². The van der Waals surface area contributed by atoms with E-state index in [1.807, 2.05) is 0 Å². The summed E-state index contributed by atoms with van der Waals surface area (Å²) in [6.07, 6.45) is 0. The number of phosphoric ester groups is 1. The van der Waals surface area contributed by atoms with Crippen LogP contribution in [0.5, 0.6) is 0 Å². The van der Waals surface area contributed by atoms with Crippen molar-refractivity contribution in [2.75, 3.05) is 7.11 Å². The monoisotopic (exact) mass is 296 g/mol. The van der Waals surface area contributed by atoms with Gasteiger partial charge in [-0.15, -0.1) is 0 Å². The second kappa shape index (κ2) is 14.0. The standard InChI is InChI=1S/CH5O6PS.3K.3H/c1-6-8(2,3)7-9(4)5;;;;;;/h9H,1H3,(H,2,3);;;;;;. The molecule has 1 atom stereocenters. The normalized spacial score (nSPS) is 13.2. The van der Waals surface area contributed by atoms with Gasteiger partial charge in [-0.25, -0.2) is 13.0 Å². The van der Waals surface area contributed by atoms with Crippen LogP contribution in [0.2, 0.25) is 0 Å². The van der Waals surface area contributed by atoms with Crippen molar-refractivity contribution in [3.8, 4) is 0 Å². The molecule has 12 heavy (non-hydrogen) atoms. The molecular formula is CH8K3O6PS. The molecule has 0 saturated carbocycles. The van der Waals surface area contributed by atoms with Gasteiger partial charge in [0.1, 0.15) is 0 Å². The van der Waals surface area contributed by atoms with Crippen LogP contribution < -0.4 is 0 Å². The van der Waals surface area contributed by atoms with Gasteiger partial charge in [0.2, 0.25) is 0 Å². The Balaban J connectivity index is -0.000000107. The van der Waals surface area contributed by atoms with Crippen LogP contribution in [0, 0.1) is 0 Å². The molecule has 1 N–H and O–H groups in total. The molecule has 0 aromatic carbocycles. The fourth-order valence-electron chi connectivity index (χ4n) is 0.118. The van der Waals surface area contributed by atoms with Crippen LogP contribution in [0.4, 0.5) is 0 Å². The zero-order valence-corrected chi connectivity index (χ0v) is 6.17. The molecule has 62 valence electrons. The number of thiol groups is 1. The number of hydrogen-bond acceptors (Lipinski definition) is 5. The molecule has 0 aliphatic rings. The Kier molecular flexibility index (Phi) is 30.1.